The summed E-state index contributed by atoms with van der Waals surface area (Å²) in [5.74, 6) is -0.382. The first-order valence-corrected chi connectivity index (χ1v) is 4.79. The molecule has 2 unspecified atom stereocenters. The van der Waals surface area contributed by atoms with Crippen LogP contribution in [0.2, 0.25) is 0 Å². The van der Waals surface area contributed by atoms with Crippen molar-refractivity contribution in [2.24, 2.45) is 11.8 Å². The van der Waals surface area contributed by atoms with E-state index in [0.29, 0.717) is 0 Å². The molecular weight excluding hydrogens is 176 g/mol. The van der Waals surface area contributed by atoms with E-state index in [4.69, 9.17) is 5.11 Å². The van der Waals surface area contributed by atoms with Gasteiger partial charge in [-0.05, 0) is 17.0 Å². The third-order valence-corrected chi connectivity index (χ3v) is 3.21. The predicted octanol–water partition coefficient (Wildman–Crippen LogP) is 2.13. The van der Waals surface area contributed by atoms with Crippen molar-refractivity contribution in [1.29, 1.82) is 0 Å². The number of benzene rings is 1. The number of aliphatic carboxylic acids is 1. The third kappa shape index (κ3) is 0.882. The van der Waals surface area contributed by atoms with Gasteiger partial charge in [-0.1, -0.05) is 36.4 Å². The number of hydrogen-bond donors (Lipinski definition) is 1. The van der Waals surface area contributed by atoms with Crippen LogP contribution in [0, 0.1) is 11.8 Å². The Bertz CT molecular complexity index is 434. The fourth-order valence-electron chi connectivity index (χ4n) is 2.47. The van der Waals surface area contributed by atoms with Crippen LogP contribution in [0.25, 0.3) is 6.08 Å². The highest BCUT2D eigenvalue weighted by molar-refractivity contribution is 5.80. The topological polar surface area (TPSA) is 37.3 Å². The summed E-state index contributed by atoms with van der Waals surface area (Å²) < 4.78 is 0. The van der Waals surface area contributed by atoms with Gasteiger partial charge in [0.2, 0.25) is 0 Å². The minimum atomic E-state index is -0.665. The van der Waals surface area contributed by atoms with Crippen LogP contribution in [0.4, 0.5) is 0 Å². The van der Waals surface area contributed by atoms with Crippen LogP contribution in [0.5, 0.6) is 0 Å². The number of carboxylic acids is 1. The van der Waals surface area contributed by atoms with Crippen molar-refractivity contribution in [1.82, 2.24) is 0 Å². The van der Waals surface area contributed by atoms with Crippen molar-refractivity contribution in [2.45, 2.75) is 5.92 Å². The third-order valence-electron chi connectivity index (χ3n) is 3.21. The van der Waals surface area contributed by atoms with E-state index in [2.05, 4.69) is 0 Å². The molecular formula is C12H10O2. The van der Waals surface area contributed by atoms with Gasteiger partial charge in [-0.15, -0.1) is 0 Å². The first-order chi connectivity index (χ1) is 6.79. The molecule has 0 radical (unpaired) electrons. The maximum atomic E-state index is 10.9. The molecule has 2 aliphatic rings. The van der Waals surface area contributed by atoms with Gasteiger partial charge < -0.3 is 5.11 Å². The molecule has 70 valence electrons. The fraction of sp³-hybridized carbons (Fsp3) is 0.250. The summed E-state index contributed by atoms with van der Waals surface area (Å²) in [6, 6.07) is 8.05. The lowest BCUT2D eigenvalue weighted by atomic mass is 9.97. The molecule has 0 saturated heterocycles. The van der Waals surface area contributed by atoms with Crippen LogP contribution in [-0.2, 0) is 4.79 Å². The molecule has 0 heterocycles. The van der Waals surface area contributed by atoms with Crippen molar-refractivity contribution in [3.05, 3.63) is 41.5 Å². The van der Waals surface area contributed by atoms with E-state index in [9.17, 15) is 4.79 Å². The van der Waals surface area contributed by atoms with Gasteiger partial charge in [-0.25, -0.2) is 0 Å². The Kier molecular flexibility index (Phi) is 1.38. The van der Waals surface area contributed by atoms with Crippen molar-refractivity contribution in [2.75, 3.05) is 0 Å². The number of fused-ring (bicyclic) bond motifs is 3. The molecule has 2 nitrogen and oxygen atoms in total. The number of hydrogen-bond acceptors (Lipinski definition) is 1. The maximum absolute atomic E-state index is 10.9. The Morgan fingerprint density at radius 2 is 2.07 bits per heavy atom. The van der Waals surface area contributed by atoms with Gasteiger partial charge in [0.1, 0.15) is 0 Å². The zero-order valence-electron chi connectivity index (χ0n) is 7.55. The largest absolute Gasteiger partial charge is 0.481 e. The second kappa shape index (κ2) is 2.47. The van der Waals surface area contributed by atoms with Crippen LogP contribution < -0.4 is 0 Å². The summed E-state index contributed by atoms with van der Waals surface area (Å²) in [6.07, 6.45) is 4.07. The summed E-state index contributed by atoms with van der Waals surface area (Å²) in [5, 5.41) is 8.98. The average Bonchev–Trinajstić information content (AvgIpc) is 2.92. The van der Waals surface area contributed by atoms with Crippen molar-refractivity contribution in [3.63, 3.8) is 0 Å². The lowest BCUT2D eigenvalue weighted by Crippen LogP contribution is -1.99. The second-order valence-electron chi connectivity index (χ2n) is 3.96. The summed E-state index contributed by atoms with van der Waals surface area (Å²) >= 11 is 0. The van der Waals surface area contributed by atoms with Gasteiger partial charge >= 0.3 is 5.97 Å². The molecule has 14 heavy (non-hydrogen) atoms. The predicted molar refractivity (Wildman–Crippen MR) is 52.8 cm³/mol. The summed E-state index contributed by atoms with van der Waals surface area (Å²) in [4.78, 5) is 10.9. The second-order valence-corrected chi connectivity index (χ2v) is 3.96. The first-order valence-electron chi connectivity index (χ1n) is 4.79. The molecule has 1 N–H and O–H groups in total. The average molecular weight is 186 g/mol. The van der Waals surface area contributed by atoms with Crippen LogP contribution in [0.3, 0.4) is 0 Å². The van der Waals surface area contributed by atoms with E-state index in [1.807, 2.05) is 36.4 Å². The minimum Gasteiger partial charge on any atom is -0.481 e. The van der Waals surface area contributed by atoms with Crippen LogP contribution in [0.1, 0.15) is 17.0 Å². The molecule has 2 heteroatoms. The van der Waals surface area contributed by atoms with Gasteiger partial charge in [0.15, 0.2) is 0 Å². The standard InChI is InChI=1S/C12H10O2/c13-12(14)11-9-6-5-7-3-1-2-4-8(7)10(9)11/h1-6,9-11H,(H,13,14)/t9?,10?,11-/m1/s1. The molecule has 0 aliphatic heterocycles. The van der Waals surface area contributed by atoms with Crippen molar-refractivity contribution < 1.29 is 9.90 Å². The number of carbonyl (C=O) groups is 1. The normalized spacial score (nSPS) is 31.9. The van der Waals surface area contributed by atoms with Crippen molar-refractivity contribution in [3.8, 4) is 0 Å². The molecule has 2 aliphatic carbocycles. The molecule has 0 bridgehead atoms. The highest BCUT2D eigenvalue weighted by Crippen LogP contribution is 2.58. The molecule has 1 fully saturated rings. The highest BCUT2D eigenvalue weighted by atomic mass is 16.4. The fourth-order valence-corrected chi connectivity index (χ4v) is 2.47. The number of carboxylic acid groups (broad SMARTS) is 1. The van der Waals surface area contributed by atoms with Gasteiger partial charge in [-0.3, -0.25) is 4.79 Å². The Labute approximate surface area is 81.9 Å². The van der Waals surface area contributed by atoms with Gasteiger partial charge in [0, 0.05) is 5.92 Å². The van der Waals surface area contributed by atoms with E-state index >= 15 is 0 Å². The van der Waals surface area contributed by atoms with E-state index in [1.54, 1.807) is 0 Å². The molecule has 3 rings (SSSR count). The van der Waals surface area contributed by atoms with Gasteiger partial charge in [0.25, 0.3) is 0 Å². The number of allylic oxidation sites excluding steroid dienone is 1. The quantitative estimate of drug-likeness (QED) is 0.729. The Balaban J connectivity index is 2.06. The minimum absolute atomic E-state index is 0.185. The van der Waals surface area contributed by atoms with E-state index in [0.717, 1.165) is 0 Å². The monoisotopic (exact) mass is 186 g/mol. The zero-order chi connectivity index (χ0) is 9.71. The van der Waals surface area contributed by atoms with E-state index < -0.39 is 5.97 Å². The smallest absolute Gasteiger partial charge is 0.307 e. The summed E-state index contributed by atoms with van der Waals surface area (Å²) in [7, 11) is 0. The van der Waals surface area contributed by atoms with E-state index in [1.165, 1.54) is 11.1 Å². The Morgan fingerprint density at radius 3 is 2.86 bits per heavy atom. The summed E-state index contributed by atoms with van der Waals surface area (Å²) in [6.45, 7) is 0. The molecule has 0 spiro atoms. The lowest BCUT2D eigenvalue weighted by molar-refractivity contribution is -0.138. The molecule has 0 amide bonds. The van der Waals surface area contributed by atoms with E-state index in [-0.39, 0.29) is 17.8 Å². The molecule has 1 saturated carbocycles. The Morgan fingerprint density at radius 1 is 1.29 bits per heavy atom. The van der Waals surface area contributed by atoms with Gasteiger partial charge in [0.05, 0.1) is 5.92 Å². The van der Waals surface area contributed by atoms with Crippen LogP contribution >= 0.6 is 0 Å². The first kappa shape index (κ1) is 7.80. The SMILES string of the molecule is O=C(O)[C@@H]1C2C=Cc3ccccc3C21. The highest BCUT2D eigenvalue weighted by Gasteiger charge is 2.55. The van der Waals surface area contributed by atoms with Crippen LogP contribution in [0.15, 0.2) is 30.3 Å². The zero-order valence-corrected chi connectivity index (χ0v) is 7.55. The maximum Gasteiger partial charge on any atom is 0.307 e. The molecule has 1 aromatic carbocycles. The Hall–Kier alpha value is -1.57. The van der Waals surface area contributed by atoms with Gasteiger partial charge in [-0.2, -0.15) is 0 Å². The number of rotatable bonds is 1. The van der Waals surface area contributed by atoms with Crippen molar-refractivity contribution >= 4 is 12.0 Å². The van der Waals surface area contributed by atoms with Crippen LogP contribution in [-0.4, -0.2) is 11.1 Å². The molecule has 1 aromatic rings. The molecule has 0 aromatic heterocycles. The lowest BCUT2D eigenvalue weighted by Gasteiger charge is -2.07. The molecule has 3 atom stereocenters. The summed E-state index contributed by atoms with van der Waals surface area (Å²) in [5.41, 5.74) is 2.38.